The molecule has 0 fully saturated rings. The second kappa shape index (κ2) is 6.06. The van der Waals surface area contributed by atoms with Crippen LogP contribution in [0.4, 0.5) is 5.69 Å². The van der Waals surface area contributed by atoms with Crippen LogP contribution in [0.1, 0.15) is 12.5 Å². The van der Waals surface area contributed by atoms with E-state index in [2.05, 4.69) is 17.4 Å². The fourth-order valence-corrected chi connectivity index (χ4v) is 1.61. The van der Waals surface area contributed by atoms with Crippen LogP contribution < -0.4 is 5.32 Å². The van der Waals surface area contributed by atoms with E-state index in [1.165, 1.54) is 5.56 Å². The number of anilines is 1. The zero-order chi connectivity index (χ0) is 11.9. The third-order valence-electron chi connectivity index (χ3n) is 2.49. The maximum Gasteiger partial charge on any atom is 0.125 e. The fourth-order valence-electron chi connectivity index (χ4n) is 1.61. The average Bonchev–Trinajstić information content (AvgIpc) is 2.39. The van der Waals surface area contributed by atoms with Gasteiger partial charge >= 0.3 is 0 Å². The third kappa shape index (κ3) is 3.93. The van der Waals surface area contributed by atoms with Gasteiger partial charge in [0.05, 0.1) is 6.61 Å². The Labute approximate surface area is 102 Å². The normalized spacial score (nSPS) is 12.1. The van der Waals surface area contributed by atoms with Crippen molar-refractivity contribution in [2.45, 2.75) is 19.8 Å². The van der Waals surface area contributed by atoms with Crippen LogP contribution in [0.5, 0.6) is 0 Å². The van der Waals surface area contributed by atoms with E-state index in [9.17, 15) is 0 Å². The smallest absolute Gasteiger partial charge is 0.125 e. The van der Waals surface area contributed by atoms with E-state index in [0.29, 0.717) is 6.61 Å². The molecule has 1 atom stereocenters. The van der Waals surface area contributed by atoms with Crippen LogP contribution in [-0.4, -0.2) is 6.23 Å². The number of hydrogen-bond acceptors (Lipinski definition) is 2. The summed E-state index contributed by atoms with van der Waals surface area (Å²) in [5, 5.41) is 3.29. The molecule has 17 heavy (non-hydrogen) atoms. The minimum Gasteiger partial charge on any atom is -0.360 e. The van der Waals surface area contributed by atoms with Gasteiger partial charge in [-0.25, -0.2) is 0 Å². The SMILES string of the molecule is CC(Nc1ccccc1)OCc1ccccc1. The molecule has 88 valence electrons. The van der Waals surface area contributed by atoms with Crippen molar-refractivity contribution in [1.82, 2.24) is 0 Å². The van der Waals surface area contributed by atoms with E-state index in [0.717, 1.165) is 5.69 Å². The fraction of sp³-hybridized carbons (Fsp3) is 0.200. The Bertz CT molecular complexity index is 427. The summed E-state index contributed by atoms with van der Waals surface area (Å²) in [7, 11) is 0. The van der Waals surface area contributed by atoms with E-state index in [-0.39, 0.29) is 6.23 Å². The van der Waals surface area contributed by atoms with Crippen molar-refractivity contribution in [3.63, 3.8) is 0 Å². The van der Waals surface area contributed by atoms with Gasteiger partial charge in [0, 0.05) is 5.69 Å². The van der Waals surface area contributed by atoms with Gasteiger partial charge in [-0.2, -0.15) is 0 Å². The molecule has 2 aromatic carbocycles. The molecule has 1 unspecified atom stereocenters. The van der Waals surface area contributed by atoms with Crippen molar-refractivity contribution in [3.8, 4) is 0 Å². The maximum atomic E-state index is 5.72. The van der Waals surface area contributed by atoms with Gasteiger partial charge in [0.1, 0.15) is 6.23 Å². The summed E-state index contributed by atoms with van der Waals surface area (Å²) < 4.78 is 5.72. The molecule has 0 amide bonds. The highest BCUT2D eigenvalue weighted by Crippen LogP contribution is 2.09. The molecule has 0 radical (unpaired) electrons. The highest BCUT2D eigenvalue weighted by atomic mass is 16.5. The van der Waals surface area contributed by atoms with Crippen LogP contribution in [-0.2, 0) is 11.3 Å². The Balaban J connectivity index is 1.80. The maximum absolute atomic E-state index is 5.72. The first kappa shape index (κ1) is 11.7. The largest absolute Gasteiger partial charge is 0.360 e. The Morgan fingerprint density at radius 3 is 2.18 bits per heavy atom. The summed E-state index contributed by atoms with van der Waals surface area (Å²) in [6.45, 7) is 2.64. The topological polar surface area (TPSA) is 21.3 Å². The van der Waals surface area contributed by atoms with Crippen LogP contribution >= 0.6 is 0 Å². The Kier molecular flexibility index (Phi) is 4.17. The summed E-state index contributed by atoms with van der Waals surface area (Å²) in [5.74, 6) is 0. The van der Waals surface area contributed by atoms with Gasteiger partial charge in [0.25, 0.3) is 0 Å². The quantitative estimate of drug-likeness (QED) is 0.787. The number of nitrogens with one attached hydrogen (secondary N) is 1. The van der Waals surface area contributed by atoms with Crippen LogP contribution in [0.15, 0.2) is 60.7 Å². The molecule has 1 N–H and O–H groups in total. The number of rotatable bonds is 5. The van der Waals surface area contributed by atoms with E-state index in [4.69, 9.17) is 4.74 Å². The van der Waals surface area contributed by atoms with Crippen molar-refractivity contribution in [2.24, 2.45) is 0 Å². The lowest BCUT2D eigenvalue weighted by atomic mass is 10.2. The minimum absolute atomic E-state index is 0.00222. The molecule has 0 heterocycles. The standard InChI is InChI=1S/C15H17NO/c1-13(16-15-10-6-3-7-11-15)17-12-14-8-4-2-5-9-14/h2-11,13,16H,12H2,1H3. The molecule has 2 rings (SSSR count). The first-order chi connectivity index (χ1) is 8.34. The molecule has 0 aliphatic heterocycles. The summed E-state index contributed by atoms with van der Waals surface area (Å²) in [4.78, 5) is 0. The Morgan fingerprint density at radius 2 is 1.53 bits per heavy atom. The lowest BCUT2D eigenvalue weighted by molar-refractivity contribution is 0.0716. The monoisotopic (exact) mass is 227 g/mol. The predicted octanol–water partition coefficient (Wildman–Crippen LogP) is 3.66. The van der Waals surface area contributed by atoms with Crippen molar-refractivity contribution in [1.29, 1.82) is 0 Å². The lowest BCUT2D eigenvalue weighted by Gasteiger charge is -2.16. The van der Waals surface area contributed by atoms with E-state index >= 15 is 0 Å². The summed E-state index contributed by atoms with van der Waals surface area (Å²) in [6.07, 6.45) is -0.00222. The van der Waals surface area contributed by atoms with Gasteiger partial charge in [-0.1, -0.05) is 48.5 Å². The van der Waals surface area contributed by atoms with Gasteiger partial charge in [-0.05, 0) is 24.6 Å². The van der Waals surface area contributed by atoms with Crippen molar-refractivity contribution < 1.29 is 4.74 Å². The zero-order valence-corrected chi connectivity index (χ0v) is 9.97. The third-order valence-corrected chi connectivity index (χ3v) is 2.49. The molecule has 0 bridgehead atoms. The molecular weight excluding hydrogens is 210 g/mol. The van der Waals surface area contributed by atoms with Gasteiger partial charge in [-0.15, -0.1) is 0 Å². The highest BCUT2D eigenvalue weighted by Gasteiger charge is 2.01. The zero-order valence-electron chi connectivity index (χ0n) is 9.97. The molecule has 2 aromatic rings. The summed E-state index contributed by atoms with van der Waals surface area (Å²) >= 11 is 0. The highest BCUT2D eigenvalue weighted by molar-refractivity contribution is 5.42. The molecule has 0 aliphatic rings. The summed E-state index contributed by atoms with van der Waals surface area (Å²) in [6, 6.07) is 20.3. The van der Waals surface area contributed by atoms with E-state index in [1.807, 2.05) is 55.5 Å². The lowest BCUT2D eigenvalue weighted by Crippen LogP contribution is -2.18. The number of hydrogen-bond donors (Lipinski definition) is 1. The van der Waals surface area contributed by atoms with Gasteiger partial charge in [-0.3, -0.25) is 0 Å². The van der Waals surface area contributed by atoms with Crippen LogP contribution in [0.3, 0.4) is 0 Å². The van der Waals surface area contributed by atoms with Gasteiger partial charge in [0.15, 0.2) is 0 Å². The second-order valence-corrected chi connectivity index (χ2v) is 3.95. The molecular formula is C15H17NO. The molecule has 0 spiro atoms. The van der Waals surface area contributed by atoms with Crippen LogP contribution in [0, 0.1) is 0 Å². The Hall–Kier alpha value is -1.80. The molecule has 0 aromatic heterocycles. The first-order valence-electron chi connectivity index (χ1n) is 5.82. The number of para-hydroxylation sites is 1. The van der Waals surface area contributed by atoms with Crippen molar-refractivity contribution in [2.75, 3.05) is 5.32 Å². The van der Waals surface area contributed by atoms with Crippen molar-refractivity contribution in [3.05, 3.63) is 66.2 Å². The molecule has 0 saturated carbocycles. The van der Waals surface area contributed by atoms with Gasteiger partial charge < -0.3 is 10.1 Å². The molecule has 2 heteroatoms. The molecule has 0 aliphatic carbocycles. The Morgan fingerprint density at radius 1 is 0.941 bits per heavy atom. The van der Waals surface area contributed by atoms with Crippen LogP contribution in [0.2, 0.25) is 0 Å². The molecule has 0 saturated heterocycles. The van der Waals surface area contributed by atoms with E-state index in [1.54, 1.807) is 0 Å². The number of benzene rings is 2. The second-order valence-electron chi connectivity index (χ2n) is 3.95. The average molecular weight is 227 g/mol. The van der Waals surface area contributed by atoms with Crippen molar-refractivity contribution >= 4 is 5.69 Å². The van der Waals surface area contributed by atoms with E-state index < -0.39 is 0 Å². The van der Waals surface area contributed by atoms with Crippen LogP contribution in [0.25, 0.3) is 0 Å². The number of ether oxygens (including phenoxy) is 1. The molecule has 2 nitrogen and oxygen atoms in total. The summed E-state index contributed by atoms with van der Waals surface area (Å²) in [5.41, 5.74) is 2.27. The first-order valence-corrected chi connectivity index (χ1v) is 5.82. The predicted molar refractivity (Wildman–Crippen MR) is 70.8 cm³/mol. The van der Waals surface area contributed by atoms with Gasteiger partial charge in [0.2, 0.25) is 0 Å². The minimum atomic E-state index is -0.00222.